The van der Waals surface area contributed by atoms with E-state index in [0.29, 0.717) is 6.42 Å². The average molecular weight is 371 g/mol. The van der Waals surface area contributed by atoms with Crippen molar-refractivity contribution in [2.24, 2.45) is 0 Å². The average Bonchev–Trinajstić information content (AvgIpc) is 2.82. The zero-order valence-electron chi connectivity index (χ0n) is 13.0. The van der Waals surface area contributed by atoms with E-state index in [4.69, 9.17) is 5.26 Å². The first-order chi connectivity index (χ1) is 11.1. The quantitative estimate of drug-likeness (QED) is 0.753. The molecule has 0 saturated carbocycles. The maximum absolute atomic E-state index is 12.1. The molecule has 0 radical (unpaired) electrons. The number of nitrogens with one attached hydrogen (secondary N) is 1. The molecule has 0 aromatic heterocycles. The molecule has 1 aliphatic heterocycles. The molecule has 1 aliphatic rings. The second-order valence-corrected chi connectivity index (χ2v) is 9.70. The van der Waals surface area contributed by atoms with Crippen LogP contribution in [0.5, 0.6) is 0 Å². The Hall–Kier alpha value is -2.12. The van der Waals surface area contributed by atoms with E-state index in [-0.39, 0.29) is 22.8 Å². The normalized spacial score (nSPS) is 19.4. The zero-order chi connectivity index (χ0) is 18.0. The van der Waals surface area contributed by atoms with Crippen LogP contribution in [0.25, 0.3) is 0 Å². The molecule has 2 rings (SSSR count). The largest absolute Gasteiger partial charge is 0.351 e. The first kappa shape index (κ1) is 18.2. The van der Waals surface area contributed by atoms with Crippen molar-refractivity contribution >= 4 is 31.5 Å². The number of nitrogens with zero attached hydrogens (tertiary/aromatic N) is 2. The van der Waals surface area contributed by atoms with Crippen molar-refractivity contribution in [3.8, 4) is 6.07 Å². The summed E-state index contributed by atoms with van der Waals surface area (Å²) in [4.78, 5) is 12.1. The van der Waals surface area contributed by atoms with Crippen molar-refractivity contribution in [2.45, 2.75) is 12.5 Å². The molecule has 10 heteroatoms. The first-order valence-corrected chi connectivity index (χ1v) is 10.8. The van der Waals surface area contributed by atoms with E-state index in [1.165, 1.54) is 12.1 Å². The van der Waals surface area contributed by atoms with Gasteiger partial charge in [0.1, 0.15) is 12.6 Å². The minimum absolute atomic E-state index is 0.00496. The van der Waals surface area contributed by atoms with E-state index in [1.807, 2.05) is 6.07 Å². The number of rotatable bonds is 5. The summed E-state index contributed by atoms with van der Waals surface area (Å²) < 4.78 is 47.7. The van der Waals surface area contributed by atoms with Crippen LogP contribution in [0.3, 0.4) is 0 Å². The molecule has 1 N–H and O–H groups in total. The molecule has 1 heterocycles. The second-order valence-electron chi connectivity index (χ2n) is 5.57. The summed E-state index contributed by atoms with van der Waals surface area (Å²) in [5.41, 5.74) is 0.232. The molecule has 1 aromatic rings. The van der Waals surface area contributed by atoms with Gasteiger partial charge in [0.25, 0.3) is 0 Å². The molecule has 0 aliphatic carbocycles. The van der Waals surface area contributed by atoms with Crippen LogP contribution in [-0.4, -0.2) is 53.1 Å². The number of sulfonamides is 1. The Morgan fingerprint density at radius 1 is 1.42 bits per heavy atom. The lowest BCUT2D eigenvalue weighted by atomic mass is 10.2. The highest BCUT2D eigenvalue weighted by Gasteiger charge is 2.30. The highest BCUT2D eigenvalue weighted by molar-refractivity contribution is 7.92. The predicted octanol–water partition coefficient (Wildman–Crippen LogP) is -0.372. The van der Waals surface area contributed by atoms with Crippen molar-refractivity contribution < 1.29 is 21.6 Å². The Morgan fingerprint density at radius 3 is 2.62 bits per heavy atom. The topological polar surface area (TPSA) is 124 Å². The molecule has 0 bridgehead atoms. The minimum atomic E-state index is -3.80. The highest BCUT2D eigenvalue weighted by Crippen LogP contribution is 2.22. The van der Waals surface area contributed by atoms with Gasteiger partial charge in [0.05, 0.1) is 29.0 Å². The van der Waals surface area contributed by atoms with Gasteiger partial charge < -0.3 is 5.32 Å². The van der Waals surface area contributed by atoms with Gasteiger partial charge in [0.2, 0.25) is 15.9 Å². The Labute approximate surface area is 141 Å². The molecule has 8 nitrogen and oxygen atoms in total. The van der Waals surface area contributed by atoms with Crippen LogP contribution in [-0.2, 0) is 24.7 Å². The standard InChI is InChI=1S/C14H17N3O5S2/c1-23(19,20)17(13-5-3-2-4-11(13)8-15)9-14(18)16-12-6-7-24(21,22)10-12/h2-5,12H,6-7,9-10H2,1H3,(H,16,18). The molecular formula is C14H17N3O5S2. The van der Waals surface area contributed by atoms with Gasteiger partial charge in [-0.3, -0.25) is 9.10 Å². The minimum Gasteiger partial charge on any atom is -0.351 e. The van der Waals surface area contributed by atoms with Crippen LogP contribution in [0.2, 0.25) is 0 Å². The smallest absolute Gasteiger partial charge is 0.241 e. The van der Waals surface area contributed by atoms with E-state index in [9.17, 15) is 21.6 Å². The van der Waals surface area contributed by atoms with Crippen LogP contribution in [0.15, 0.2) is 24.3 Å². The molecule has 1 amide bonds. The van der Waals surface area contributed by atoms with Gasteiger partial charge in [-0.25, -0.2) is 16.8 Å². The Morgan fingerprint density at radius 2 is 2.08 bits per heavy atom. The van der Waals surface area contributed by atoms with Crippen LogP contribution < -0.4 is 9.62 Å². The fourth-order valence-corrected chi connectivity index (χ4v) is 5.02. The predicted molar refractivity (Wildman–Crippen MR) is 88.5 cm³/mol. The Balaban J connectivity index is 2.19. The number of carbonyl (C=O) groups excluding carboxylic acids is 1. The fourth-order valence-electron chi connectivity index (χ4n) is 2.48. The number of hydrogen-bond acceptors (Lipinski definition) is 6. The zero-order valence-corrected chi connectivity index (χ0v) is 14.6. The number of hydrogen-bond donors (Lipinski definition) is 1. The van der Waals surface area contributed by atoms with E-state index in [0.717, 1.165) is 10.6 Å². The maximum Gasteiger partial charge on any atom is 0.241 e. The van der Waals surface area contributed by atoms with E-state index in [2.05, 4.69) is 5.32 Å². The van der Waals surface area contributed by atoms with Gasteiger partial charge in [0.15, 0.2) is 9.84 Å². The number of para-hydroxylation sites is 1. The number of anilines is 1. The Bertz CT molecular complexity index is 887. The lowest BCUT2D eigenvalue weighted by Gasteiger charge is -2.23. The van der Waals surface area contributed by atoms with Crippen LogP contribution >= 0.6 is 0 Å². The molecule has 1 saturated heterocycles. The van der Waals surface area contributed by atoms with Crippen molar-refractivity contribution in [1.82, 2.24) is 5.32 Å². The molecule has 1 atom stereocenters. The Kier molecular flexibility index (Phi) is 5.15. The SMILES string of the molecule is CS(=O)(=O)N(CC(=O)NC1CCS(=O)(=O)C1)c1ccccc1C#N. The van der Waals surface area contributed by atoms with Gasteiger partial charge in [0, 0.05) is 6.04 Å². The number of nitriles is 1. The summed E-state index contributed by atoms with van der Waals surface area (Å²) in [5, 5.41) is 11.7. The van der Waals surface area contributed by atoms with Crippen LogP contribution in [0, 0.1) is 11.3 Å². The number of sulfone groups is 1. The summed E-state index contributed by atoms with van der Waals surface area (Å²) in [5.74, 6) is -0.757. The number of carbonyl (C=O) groups is 1. The fraction of sp³-hybridized carbons (Fsp3) is 0.429. The third-order valence-corrected chi connectivity index (χ3v) is 6.47. The molecule has 1 aromatic carbocycles. The summed E-state index contributed by atoms with van der Waals surface area (Å²) in [7, 11) is -6.95. The molecule has 0 spiro atoms. The highest BCUT2D eigenvalue weighted by atomic mass is 32.2. The van der Waals surface area contributed by atoms with Crippen LogP contribution in [0.1, 0.15) is 12.0 Å². The van der Waals surface area contributed by atoms with E-state index in [1.54, 1.807) is 12.1 Å². The molecular weight excluding hydrogens is 354 g/mol. The summed E-state index contributed by atoms with van der Waals surface area (Å²) in [6.45, 7) is -0.520. The number of amides is 1. The van der Waals surface area contributed by atoms with E-state index < -0.39 is 38.4 Å². The van der Waals surface area contributed by atoms with Gasteiger partial charge in [-0.2, -0.15) is 5.26 Å². The van der Waals surface area contributed by atoms with E-state index >= 15 is 0 Å². The van der Waals surface area contributed by atoms with Crippen molar-refractivity contribution in [3.63, 3.8) is 0 Å². The van der Waals surface area contributed by atoms with Crippen molar-refractivity contribution in [1.29, 1.82) is 5.26 Å². The summed E-state index contributed by atoms with van der Waals surface area (Å²) >= 11 is 0. The van der Waals surface area contributed by atoms with Crippen LogP contribution in [0.4, 0.5) is 5.69 Å². The molecule has 24 heavy (non-hydrogen) atoms. The number of benzene rings is 1. The van der Waals surface area contributed by atoms with Gasteiger partial charge in [-0.05, 0) is 18.6 Å². The summed E-state index contributed by atoms with van der Waals surface area (Å²) in [6, 6.07) is 7.42. The third kappa shape index (κ3) is 4.46. The maximum atomic E-state index is 12.1. The molecule has 1 fully saturated rings. The second kappa shape index (κ2) is 6.78. The van der Waals surface area contributed by atoms with Crippen molar-refractivity contribution in [2.75, 3.05) is 28.6 Å². The lowest BCUT2D eigenvalue weighted by molar-refractivity contribution is -0.120. The molecule has 130 valence electrons. The first-order valence-electron chi connectivity index (χ1n) is 7.09. The van der Waals surface area contributed by atoms with Gasteiger partial charge in [-0.15, -0.1) is 0 Å². The molecule has 1 unspecified atom stereocenters. The van der Waals surface area contributed by atoms with Crippen molar-refractivity contribution in [3.05, 3.63) is 29.8 Å². The third-order valence-electron chi connectivity index (χ3n) is 3.58. The monoisotopic (exact) mass is 371 g/mol. The van der Waals surface area contributed by atoms with Gasteiger partial charge >= 0.3 is 0 Å². The summed E-state index contributed by atoms with van der Waals surface area (Å²) in [6.07, 6.45) is 1.25. The lowest BCUT2D eigenvalue weighted by Crippen LogP contribution is -2.44. The van der Waals surface area contributed by atoms with Gasteiger partial charge in [-0.1, -0.05) is 12.1 Å².